The molecule has 150 valence electrons. The van der Waals surface area contributed by atoms with Crippen LogP contribution in [0.1, 0.15) is 39.0 Å². The molecule has 27 heavy (non-hydrogen) atoms. The number of anilines is 1. The molecule has 0 unspecified atom stereocenters. The highest BCUT2D eigenvalue weighted by molar-refractivity contribution is 5.92. The van der Waals surface area contributed by atoms with Crippen molar-refractivity contribution in [3.63, 3.8) is 0 Å². The highest BCUT2D eigenvalue weighted by Crippen LogP contribution is 2.37. The zero-order valence-corrected chi connectivity index (χ0v) is 16.5. The summed E-state index contributed by atoms with van der Waals surface area (Å²) in [6.45, 7) is 5.64. The molecule has 0 aliphatic carbocycles. The van der Waals surface area contributed by atoms with Crippen LogP contribution in [0.5, 0.6) is 5.75 Å². The van der Waals surface area contributed by atoms with Gasteiger partial charge < -0.3 is 19.5 Å². The van der Waals surface area contributed by atoms with Crippen molar-refractivity contribution in [3.8, 4) is 5.75 Å². The van der Waals surface area contributed by atoms with Gasteiger partial charge in [-0.05, 0) is 49.9 Å². The van der Waals surface area contributed by atoms with Crippen molar-refractivity contribution in [1.82, 2.24) is 4.90 Å². The number of hydrogen-bond donors (Lipinski definition) is 1. The Morgan fingerprint density at radius 2 is 2.15 bits per heavy atom. The fraction of sp³-hybridized carbons (Fsp3) is 0.667. The van der Waals surface area contributed by atoms with Crippen LogP contribution in [0.25, 0.3) is 0 Å². The molecule has 0 bridgehead atoms. The summed E-state index contributed by atoms with van der Waals surface area (Å²) >= 11 is 0. The molecule has 2 fully saturated rings. The monoisotopic (exact) mass is 376 g/mol. The van der Waals surface area contributed by atoms with Crippen LogP contribution in [0.4, 0.5) is 5.69 Å². The first kappa shape index (κ1) is 20.1. The third-order valence-corrected chi connectivity index (χ3v) is 5.55. The van der Waals surface area contributed by atoms with Gasteiger partial charge >= 0.3 is 0 Å². The van der Waals surface area contributed by atoms with Crippen LogP contribution in [-0.2, 0) is 14.3 Å². The van der Waals surface area contributed by atoms with E-state index in [1.165, 1.54) is 0 Å². The van der Waals surface area contributed by atoms with Crippen molar-refractivity contribution < 1.29 is 19.0 Å². The lowest BCUT2D eigenvalue weighted by molar-refractivity contribution is -0.145. The molecule has 0 aromatic heterocycles. The molecule has 1 aromatic rings. The number of ether oxygens (including phenoxy) is 3. The number of unbranched alkanes of at least 4 members (excludes halogenated alkanes) is 1. The Hall–Kier alpha value is -1.63. The summed E-state index contributed by atoms with van der Waals surface area (Å²) in [6, 6.07) is 7.56. The average molecular weight is 376 g/mol. The van der Waals surface area contributed by atoms with Crippen molar-refractivity contribution in [2.24, 2.45) is 0 Å². The highest BCUT2D eigenvalue weighted by Gasteiger charge is 2.46. The van der Waals surface area contributed by atoms with Gasteiger partial charge in [-0.3, -0.25) is 9.69 Å². The molecule has 2 heterocycles. The Morgan fingerprint density at radius 3 is 2.81 bits per heavy atom. The number of likely N-dealkylation sites (tertiary alicyclic amines) is 1. The minimum absolute atomic E-state index is 0.00667. The average Bonchev–Trinajstić information content (AvgIpc) is 3.14. The lowest BCUT2D eigenvalue weighted by Crippen LogP contribution is -2.57. The van der Waals surface area contributed by atoms with Crippen LogP contribution in [0.15, 0.2) is 24.3 Å². The molecule has 2 saturated heterocycles. The number of benzene rings is 1. The summed E-state index contributed by atoms with van der Waals surface area (Å²) in [4.78, 5) is 14.6. The predicted octanol–water partition coefficient (Wildman–Crippen LogP) is 3.07. The third-order valence-electron chi connectivity index (χ3n) is 5.55. The molecule has 6 nitrogen and oxygen atoms in total. The lowest BCUT2D eigenvalue weighted by Gasteiger charge is -2.44. The van der Waals surface area contributed by atoms with Crippen molar-refractivity contribution in [2.45, 2.75) is 50.7 Å². The van der Waals surface area contributed by atoms with Crippen molar-refractivity contribution in [3.05, 3.63) is 24.3 Å². The first-order valence-electron chi connectivity index (χ1n) is 10.1. The smallest absolute Gasteiger partial charge is 0.238 e. The molecular weight excluding hydrogens is 344 g/mol. The number of rotatable bonds is 8. The summed E-state index contributed by atoms with van der Waals surface area (Å²) in [5.41, 5.74) is 0.647. The van der Waals surface area contributed by atoms with E-state index in [9.17, 15) is 4.79 Å². The Bertz CT molecular complexity index is 599. The fourth-order valence-corrected chi connectivity index (χ4v) is 3.98. The van der Waals surface area contributed by atoms with Crippen LogP contribution < -0.4 is 10.1 Å². The van der Waals surface area contributed by atoms with Gasteiger partial charge in [0.2, 0.25) is 5.91 Å². The van der Waals surface area contributed by atoms with Crippen molar-refractivity contribution >= 4 is 11.6 Å². The van der Waals surface area contributed by atoms with Gasteiger partial charge in [-0.15, -0.1) is 0 Å². The molecule has 1 aromatic carbocycles. The maximum Gasteiger partial charge on any atom is 0.238 e. The van der Waals surface area contributed by atoms with Gasteiger partial charge in [0.15, 0.2) is 0 Å². The van der Waals surface area contributed by atoms with Gasteiger partial charge in [0, 0.05) is 32.5 Å². The summed E-state index contributed by atoms with van der Waals surface area (Å²) in [7, 11) is 1.74. The maximum absolute atomic E-state index is 12.4. The number of carbonyl (C=O) groups excluding carboxylic acids is 1. The van der Waals surface area contributed by atoms with Crippen LogP contribution in [0, 0.1) is 0 Å². The standard InChI is InChI=1S/C21H32N2O4/c1-3-4-13-26-18-8-6-17(7-9-18)22-20(24)16-23-12-11-21(10-5-14-27-21)19(15-23)25-2/h6-9,19H,3-5,10-16H2,1-2H3,(H,22,24)/t19-,21-/m0/s1. The molecule has 2 aliphatic heterocycles. The highest BCUT2D eigenvalue weighted by atomic mass is 16.5. The summed E-state index contributed by atoms with van der Waals surface area (Å²) in [5.74, 6) is 0.829. The van der Waals surface area contributed by atoms with E-state index in [1.54, 1.807) is 7.11 Å². The lowest BCUT2D eigenvalue weighted by atomic mass is 9.86. The molecule has 2 aliphatic rings. The van der Waals surface area contributed by atoms with E-state index in [0.717, 1.165) is 69.8 Å². The Balaban J connectivity index is 1.46. The molecule has 1 amide bonds. The van der Waals surface area contributed by atoms with Crippen molar-refractivity contribution in [2.75, 3.05) is 45.3 Å². The van der Waals surface area contributed by atoms with E-state index in [2.05, 4.69) is 17.1 Å². The molecular formula is C21H32N2O4. The fourth-order valence-electron chi connectivity index (χ4n) is 3.98. The SMILES string of the molecule is CCCCOc1ccc(NC(=O)CN2CC[C@@]3(CCCO3)[C@@H](OC)C2)cc1. The van der Waals surface area contributed by atoms with Gasteiger partial charge in [-0.2, -0.15) is 0 Å². The zero-order chi connectivity index (χ0) is 19.1. The van der Waals surface area contributed by atoms with E-state index in [4.69, 9.17) is 14.2 Å². The number of piperidine rings is 1. The van der Waals surface area contributed by atoms with E-state index >= 15 is 0 Å². The number of methoxy groups -OCH3 is 1. The maximum atomic E-state index is 12.4. The molecule has 1 spiro atoms. The first-order chi connectivity index (χ1) is 13.1. The van der Waals surface area contributed by atoms with Gasteiger partial charge in [0.1, 0.15) is 5.75 Å². The Labute approximate surface area is 162 Å². The molecule has 0 saturated carbocycles. The quantitative estimate of drug-likeness (QED) is 0.707. The van der Waals surface area contributed by atoms with E-state index in [1.807, 2.05) is 24.3 Å². The van der Waals surface area contributed by atoms with E-state index in [0.29, 0.717) is 6.54 Å². The number of amides is 1. The van der Waals surface area contributed by atoms with Crippen LogP contribution in [0.2, 0.25) is 0 Å². The van der Waals surface area contributed by atoms with Crippen LogP contribution in [-0.4, -0.2) is 62.5 Å². The largest absolute Gasteiger partial charge is 0.494 e. The van der Waals surface area contributed by atoms with Crippen LogP contribution in [0.3, 0.4) is 0 Å². The second-order valence-corrected chi connectivity index (χ2v) is 7.50. The third kappa shape index (κ3) is 5.21. The van der Waals surface area contributed by atoms with E-state index in [-0.39, 0.29) is 17.6 Å². The Kier molecular flexibility index (Phi) is 7.10. The number of nitrogens with one attached hydrogen (secondary N) is 1. The number of nitrogens with zero attached hydrogens (tertiary/aromatic N) is 1. The van der Waals surface area contributed by atoms with Gasteiger partial charge in [0.05, 0.1) is 24.9 Å². The summed E-state index contributed by atoms with van der Waals surface area (Å²) in [6.07, 6.45) is 5.26. The molecule has 6 heteroatoms. The normalized spacial score (nSPS) is 25.6. The topological polar surface area (TPSA) is 60.0 Å². The molecule has 3 rings (SSSR count). The van der Waals surface area contributed by atoms with Crippen molar-refractivity contribution in [1.29, 1.82) is 0 Å². The second kappa shape index (κ2) is 9.53. The summed E-state index contributed by atoms with van der Waals surface area (Å²) in [5, 5.41) is 2.97. The van der Waals surface area contributed by atoms with E-state index < -0.39 is 0 Å². The number of carbonyl (C=O) groups is 1. The predicted molar refractivity (Wildman–Crippen MR) is 105 cm³/mol. The second-order valence-electron chi connectivity index (χ2n) is 7.50. The molecule has 0 radical (unpaired) electrons. The number of hydrogen-bond acceptors (Lipinski definition) is 5. The first-order valence-corrected chi connectivity index (χ1v) is 10.1. The van der Waals surface area contributed by atoms with Gasteiger partial charge in [0.25, 0.3) is 0 Å². The van der Waals surface area contributed by atoms with Gasteiger partial charge in [-0.1, -0.05) is 13.3 Å². The Morgan fingerprint density at radius 1 is 1.33 bits per heavy atom. The van der Waals surface area contributed by atoms with Gasteiger partial charge in [-0.25, -0.2) is 0 Å². The minimum atomic E-state index is -0.144. The summed E-state index contributed by atoms with van der Waals surface area (Å²) < 4.78 is 17.4. The van der Waals surface area contributed by atoms with Crippen LogP contribution >= 0.6 is 0 Å². The zero-order valence-electron chi connectivity index (χ0n) is 16.5. The minimum Gasteiger partial charge on any atom is -0.494 e. The molecule has 1 N–H and O–H groups in total. The molecule has 2 atom stereocenters.